The van der Waals surface area contributed by atoms with Gasteiger partial charge >= 0.3 is 12.1 Å². The van der Waals surface area contributed by atoms with E-state index in [4.69, 9.17) is 0 Å². The van der Waals surface area contributed by atoms with Crippen LogP contribution in [0.25, 0.3) is 0 Å². The zero-order valence-electron chi connectivity index (χ0n) is 12.7. The minimum atomic E-state index is -4.83. The molecule has 0 aliphatic heterocycles. The molecule has 0 unspecified atom stereocenters. The number of nitrogens with one attached hydrogen (secondary N) is 1. The van der Waals surface area contributed by atoms with E-state index in [2.05, 4.69) is 15.0 Å². The molecule has 128 valence electrons. The average Bonchev–Trinajstić information content (AvgIpc) is 2.91. The summed E-state index contributed by atoms with van der Waals surface area (Å²) in [5, 5.41) is 1.95. The lowest BCUT2D eigenvalue weighted by atomic mass is 10.1. The van der Waals surface area contributed by atoms with Crippen molar-refractivity contribution in [1.82, 2.24) is 4.98 Å². The standard InChI is InChI=1S/C15H13F3N2O3S/c1-3-23-13(22)10-11(15(16,17)18)19-14(24-10)20-12(21)9-6-4-5-8(2)7-9/h4-7H,3H2,1-2H3,(H,19,20,21). The van der Waals surface area contributed by atoms with Crippen molar-refractivity contribution in [3.63, 3.8) is 0 Å². The topological polar surface area (TPSA) is 68.3 Å². The number of amides is 1. The Morgan fingerprint density at radius 1 is 1.33 bits per heavy atom. The van der Waals surface area contributed by atoms with Crippen LogP contribution in [0.1, 0.15) is 38.2 Å². The van der Waals surface area contributed by atoms with E-state index < -0.39 is 28.6 Å². The fourth-order valence-corrected chi connectivity index (χ4v) is 2.73. The first-order valence-corrected chi connectivity index (χ1v) is 7.67. The molecule has 1 N–H and O–H groups in total. The Morgan fingerprint density at radius 3 is 2.62 bits per heavy atom. The van der Waals surface area contributed by atoms with E-state index >= 15 is 0 Å². The Morgan fingerprint density at radius 2 is 2.04 bits per heavy atom. The van der Waals surface area contributed by atoms with Crippen molar-refractivity contribution in [2.24, 2.45) is 0 Å². The van der Waals surface area contributed by atoms with Crippen molar-refractivity contribution in [3.8, 4) is 0 Å². The van der Waals surface area contributed by atoms with Crippen molar-refractivity contribution in [2.45, 2.75) is 20.0 Å². The number of ether oxygens (including phenoxy) is 1. The van der Waals surface area contributed by atoms with E-state index in [0.717, 1.165) is 5.56 Å². The quantitative estimate of drug-likeness (QED) is 0.842. The van der Waals surface area contributed by atoms with Crippen LogP contribution in [0.2, 0.25) is 0 Å². The lowest BCUT2D eigenvalue weighted by Crippen LogP contribution is -2.14. The predicted molar refractivity (Wildman–Crippen MR) is 82.2 cm³/mol. The minimum Gasteiger partial charge on any atom is -0.462 e. The summed E-state index contributed by atoms with van der Waals surface area (Å²) in [6.45, 7) is 3.19. The molecule has 1 heterocycles. The number of alkyl halides is 3. The highest BCUT2D eigenvalue weighted by Gasteiger charge is 2.40. The van der Waals surface area contributed by atoms with Crippen molar-refractivity contribution in [1.29, 1.82) is 0 Å². The molecule has 24 heavy (non-hydrogen) atoms. The molecule has 0 fully saturated rings. The molecule has 0 atom stereocenters. The molecule has 9 heteroatoms. The third kappa shape index (κ3) is 4.10. The van der Waals surface area contributed by atoms with E-state index in [1.165, 1.54) is 13.0 Å². The number of anilines is 1. The molecule has 0 radical (unpaired) electrons. The molecule has 0 saturated carbocycles. The SMILES string of the molecule is CCOC(=O)c1sc(NC(=O)c2cccc(C)c2)nc1C(F)(F)F. The number of aromatic nitrogens is 1. The third-order valence-electron chi connectivity index (χ3n) is 2.86. The number of thiazole rings is 1. The molecule has 0 aliphatic carbocycles. The van der Waals surface area contributed by atoms with Crippen LogP contribution in [0.5, 0.6) is 0 Å². The fourth-order valence-electron chi connectivity index (χ4n) is 1.86. The van der Waals surface area contributed by atoms with Gasteiger partial charge in [-0.3, -0.25) is 10.1 Å². The summed E-state index contributed by atoms with van der Waals surface area (Å²) >= 11 is 0.424. The predicted octanol–water partition coefficient (Wildman–Crippen LogP) is 3.90. The second kappa shape index (κ2) is 7.00. The highest BCUT2D eigenvalue weighted by molar-refractivity contribution is 7.17. The van der Waals surface area contributed by atoms with Gasteiger partial charge in [0.05, 0.1) is 6.61 Å². The van der Waals surface area contributed by atoms with E-state index in [9.17, 15) is 22.8 Å². The number of rotatable bonds is 4. The van der Waals surface area contributed by atoms with Crippen LogP contribution >= 0.6 is 11.3 Å². The van der Waals surface area contributed by atoms with Crippen molar-refractivity contribution in [3.05, 3.63) is 46.0 Å². The maximum atomic E-state index is 13.0. The Balaban J connectivity index is 2.31. The molecule has 1 aromatic heterocycles. The second-order valence-electron chi connectivity index (χ2n) is 4.74. The minimum absolute atomic E-state index is 0.0704. The monoisotopic (exact) mass is 358 g/mol. The zero-order chi connectivity index (χ0) is 17.9. The van der Waals surface area contributed by atoms with Crippen LogP contribution in [0.15, 0.2) is 24.3 Å². The van der Waals surface area contributed by atoms with Gasteiger partial charge in [-0.05, 0) is 26.0 Å². The summed E-state index contributed by atoms with van der Waals surface area (Å²) in [6, 6.07) is 6.53. The molecule has 2 rings (SSSR count). The Kier molecular flexibility index (Phi) is 5.23. The number of hydrogen-bond donors (Lipinski definition) is 1. The van der Waals surface area contributed by atoms with Crippen LogP contribution in [-0.4, -0.2) is 23.5 Å². The number of hydrogen-bond acceptors (Lipinski definition) is 5. The second-order valence-corrected chi connectivity index (χ2v) is 5.74. The van der Waals surface area contributed by atoms with Gasteiger partial charge in [0.15, 0.2) is 10.8 Å². The third-order valence-corrected chi connectivity index (χ3v) is 3.81. The summed E-state index contributed by atoms with van der Waals surface area (Å²) in [5.74, 6) is -1.74. The van der Waals surface area contributed by atoms with Gasteiger partial charge < -0.3 is 4.74 Å². The number of aryl methyl sites for hydroxylation is 1. The van der Waals surface area contributed by atoms with E-state index in [1.807, 2.05) is 0 Å². The van der Waals surface area contributed by atoms with Crippen molar-refractivity contribution >= 4 is 28.3 Å². The van der Waals surface area contributed by atoms with Crippen LogP contribution < -0.4 is 5.32 Å². The molecule has 2 aromatic rings. The normalized spacial score (nSPS) is 11.2. The number of carbonyl (C=O) groups excluding carboxylic acids is 2. The van der Waals surface area contributed by atoms with Crippen LogP contribution in [0.3, 0.4) is 0 Å². The summed E-state index contributed by atoms with van der Waals surface area (Å²) in [7, 11) is 0. The Hall–Kier alpha value is -2.42. The first-order chi connectivity index (χ1) is 11.2. The maximum absolute atomic E-state index is 13.0. The first kappa shape index (κ1) is 17.9. The number of carbonyl (C=O) groups is 2. The summed E-state index contributed by atoms with van der Waals surface area (Å²) in [5.41, 5.74) is -0.271. The van der Waals surface area contributed by atoms with Crippen LogP contribution in [0.4, 0.5) is 18.3 Å². The van der Waals surface area contributed by atoms with Gasteiger partial charge in [0.1, 0.15) is 4.88 Å². The molecular formula is C15H13F3N2O3S. The largest absolute Gasteiger partial charge is 0.462 e. The van der Waals surface area contributed by atoms with Gasteiger partial charge in [-0.15, -0.1) is 0 Å². The lowest BCUT2D eigenvalue weighted by molar-refractivity contribution is -0.141. The van der Waals surface area contributed by atoms with Gasteiger partial charge in [0.2, 0.25) is 0 Å². The van der Waals surface area contributed by atoms with Crippen LogP contribution in [0, 0.1) is 6.92 Å². The summed E-state index contributed by atoms with van der Waals surface area (Å²) in [4.78, 5) is 26.4. The highest BCUT2D eigenvalue weighted by Crippen LogP contribution is 2.36. The molecule has 5 nitrogen and oxygen atoms in total. The fraction of sp³-hybridized carbons (Fsp3) is 0.267. The van der Waals surface area contributed by atoms with Gasteiger partial charge in [-0.25, -0.2) is 9.78 Å². The molecule has 1 amide bonds. The molecule has 0 aliphatic rings. The number of esters is 1. The Bertz CT molecular complexity index is 772. The van der Waals surface area contributed by atoms with E-state index in [0.29, 0.717) is 11.3 Å². The van der Waals surface area contributed by atoms with Crippen molar-refractivity contribution < 1.29 is 27.5 Å². The molecule has 1 aromatic carbocycles. The number of halogens is 3. The smallest absolute Gasteiger partial charge is 0.435 e. The summed E-state index contributed by atoms with van der Waals surface area (Å²) < 4.78 is 43.6. The summed E-state index contributed by atoms with van der Waals surface area (Å²) in [6.07, 6.45) is -4.83. The van der Waals surface area contributed by atoms with E-state index in [1.54, 1.807) is 25.1 Å². The number of nitrogens with zero attached hydrogens (tertiary/aromatic N) is 1. The average molecular weight is 358 g/mol. The van der Waals surface area contributed by atoms with E-state index in [-0.39, 0.29) is 17.3 Å². The molecule has 0 saturated heterocycles. The molecule has 0 bridgehead atoms. The van der Waals surface area contributed by atoms with Crippen LogP contribution in [-0.2, 0) is 10.9 Å². The zero-order valence-corrected chi connectivity index (χ0v) is 13.5. The molecular weight excluding hydrogens is 345 g/mol. The van der Waals surface area contributed by atoms with Gasteiger partial charge in [0.25, 0.3) is 5.91 Å². The van der Waals surface area contributed by atoms with Gasteiger partial charge in [0, 0.05) is 5.56 Å². The van der Waals surface area contributed by atoms with Gasteiger partial charge in [-0.2, -0.15) is 13.2 Å². The first-order valence-electron chi connectivity index (χ1n) is 6.85. The van der Waals surface area contributed by atoms with Crippen molar-refractivity contribution in [2.75, 3.05) is 11.9 Å². The lowest BCUT2D eigenvalue weighted by Gasteiger charge is -2.05. The maximum Gasteiger partial charge on any atom is 0.435 e. The number of benzene rings is 1. The highest BCUT2D eigenvalue weighted by atomic mass is 32.1. The molecule has 0 spiro atoms. The van der Waals surface area contributed by atoms with Gasteiger partial charge in [-0.1, -0.05) is 29.0 Å². The Labute approximate surface area is 139 Å².